The zero-order valence-corrected chi connectivity index (χ0v) is 13.5. The molecular formula is C16H30N4. The molecule has 0 aliphatic heterocycles. The van der Waals surface area contributed by atoms with Crippen LogP contribution in [0.5, 0.6) is 0 Å². The number of nitrogens with one attached hydrogen (secondary N) is 2. The van der Waals surface area contributed by atoms with E-state index in [1.807, 2.05) is 0 Å². The van der Waals surface area contributed by atoms with Gasteiger partial charge in [-0.15, -0.1) is 0 Å². The Bertz CT molecular complexity index is 379. The minimum Gasteiger partial charge on any atom is -0.370 e. The quantitative estimate of drug-likeness (QED) is 0.628. The van der Waals surface area contributed by atoms with Crippen molar-refractivity contribution in [1.82, 2.24) is 9.97 Å². The number of aromatic nitrogens is 2. The predicted octanol–water partition coefficient (Wildman–Crippen LogP) is 4.24. The Hall–Kier alpha value is -1.32. The molecule has 0 aromatic carbocycles. The SMILES string of the molecule is CCCCCCC(C)Nc1ncnc(NCC)c1CC. The summed E-state index contributed by atoms with van der Waals surface area (Å²) >= 11 is 0. The molecule has 1 aromatic rings. The number of anilines is 2. The highest BCUT2D eigenvalue weighted by Crippen LogP contribution is 2.21. The standard InChI is InChI=1S/C16H30N4/c1-5-8-9-10-11-13(4)20-16-14(6-2)15(17-7-3)18-12-19-16/h12-13H,5-11H2,1-4H3,(H2,17,18,19,20). The van der Waals surface area contributed by atoms with E-state index in [0.29, 0.717) is 6.04 Å². The van der Waals surface area contributed by atoms with Crippen molar-refractivity contribution in [3.63, 3.8) is 0 Å². The van der Waals surface area contributed by atoms with Crippen molar-refractivity contribution in [3.8, 4) is 0 Å². The fraction of sp³-hybridized carbons (Fsp3) is 0.750. The molecule has 20 heavy (non-hydrogen) atoms. The highest BCUT2D eigenvalue weighted by atomic mass is 15.1. The number of unbranched alkanes of at least 4 members (excludes halogenated alkanes) is 3. The van der Waals surface area contributed by atoms with Gasteiger partial charge in [-0.25, -0.2) is 9.97 Å². The van der Waals surface area contributed by atoms with Gasteiger partial charge in [0.1, 0.15) is 18.0 Å². The van der Waals surface area contributed by atoms with Gasteiger partial charge in [-0.1, -0.05) is 39.5 Å². The van der Waals surface area contributed by atoms with E-state index in [-0.39, 0.29) is 0 Å². The van der Waals surface area contributed by atoms with Gasteiger partial charge in [-0.05, 0) is 26.7 Å². The third kappa shape index (κ3) is 5.35. The Labute approximate surface area is 123 Å². The Kier molecular flexibility index (Phi) is 8.00. The van der Waals surface area contributed by atoms with Crippen molar-refractivity contribution in [2.24, 2.45) is 0 Å². The molecule has 0 saturated carbocycles. The van der Waals surface area contributed by atoms with Crippen LogP contribution in [0, 0.1) is 0 Å². The monoisotopic (exact) mass is 278 g/mol. The van der Waals surface area contributed by atoms with Gasteiger partial charge in [0.05, 0.1) is 0 Å². The van der Waals surface area contributed by atoms with Crippen LogP contribution in [0.2, 0.25) is 0 Å². The van der Waals surface area contributed by atoms with Crippen LogP contribution in [-0.2, 0) is 6.42 Å². The van der Waals surface area contributed by atoms with Gasteiger partial charge in [0.15, 0.2) is 0 Å². The van der Waals surface area contributed by atoms with Crippen molar-refractivity contribution in [3.05, 3.63) is 11.9 Å². The lowest BCUT2D eigenvalue weighted by molar-refractivity contribution is 0.592. The van der Waals surface area contributed by atoms with E-state index in [9.17, 15) is 0 Å². The first-order valence-electron chi connectivity index (χ1n) is 8.07. The summed E-state index contributed by atoms with van der Waals surface area (Å²) < 4.78 is 0. The summed E-state index contributed by atoms with van der Waals surface area (Å²) in [5.74, 6) is 1.95. The van der Waals surface area contributed by atoms with Crippen molar-refractivity contribution < 1.29 is 0 Å². The van der Waals surface area contributed by atoms with Crippen molar-refractivity contribution in [2.75, 3.05) is 17.2 Å². The van der Waals surface area contributed by atoms with Crippen LogP contribution < -0.4 is 10.6 Å². The lowest BCUT2D eigenvalue weighted by Crippen LogP contribution is -2.18. The van der Waals surface area contributed by atoms with Gasteiger partial charge < -0.3 is 10.6 Å². The Morgan fingerprint density at radius 3 is 2.45 bits per heavy atom. The Balaban J connectivity index is 2.59. The Morgan fingerprint density at radius 2 is 1.80 bits per heavy atom. The third-order valence-corrected chi connectivity index (χ3v) is 3.52. The number of nitrogens with zero attached hydrogens (tertiary/aromatic N) is 2. The summed E-state index contributed by atoms with van der Waals surface area (Å²) in [4.78, 5) is 8.75. The third-order valence-electron chi connectivity index (χ3n) is 3.52. The zero-order valence-electron chi connectivity index (χ0n) is 13.5. The molecule has 0 bridgehead atoms. The molecule has 0 spiro atoms. The van der Waals surface area contributed by atoms with E-state index in [4.69, 9.17) is 0 Å². The van der Waals surface area contributed by atoms with Crippen molar-refractivity contribution in [2.45, 2.75) is 72.3 Å². The Morgan fingerprint density at radius 1 is 1.05 bits per heavy atom. The van der Waals surface area contributed by atoms with Gasteiger partial charge in [0, 0.05) is 18.2 Å². The second-order valence-electron chi connectivity index (χ2n) is 5.33. The van der Waals surface area contributed by atoms with Gasteiger partial charge in [0.25, 0.3) is 0 Å². The summed E-state index contributed by atoms with van der Waals surface area (Å²) in [5, 5.41) is 6.86. The van der Waals surface area contributed by atoms with E-state index in [2.05, 4.69) is 48.3 Å². The van der Waals surface area contributed by atoms with Crippen LogP contribution in [-0.4, -0.2) is 22.6 Å². The highest BCUT2D eigenvalue weighted by Gasteiger charge is 2.11. The average molecular weight is 278 g/mol. The first-order chi connectivity index (χ1) is 9.72. The fourth-order valence-electron chi connectivity index (χ4n) is 2.37. The van der Waals surface area contributed by atoms with E-state index in [1.165, 1.54) is 37.7 Å². The van der Waals surface area contributed by atoms with Crippen molar-refractivity contribution in [1.29, 1.82) is 0 Å². The molecule has 4 nitrogen and oxygen atoms in total. The maximum Gasteiger partial charge on any atom is 0.134 e. The molecule has 1 rings (SSSR count). The van der Waals surface area contributed by atoms with E-state index < -0.39 is 0 Å². The number of rotatable bonds is 10. The topological polar surface area (TPSA) is 49.8 Å². The van der Waals surface area contributed by atoms with Gasteiger partial charge >= 0.3 is 0 Å². The molecule has 1 unspecified atom stereocenters. The molecule has 0 aliphatic carbocycles. The maximum atomic E-state index is 4.41. The molecule has 0 radical (unpaired) electrons. The van der Waals surface area contributed by atoms with Crippen LogP contribution in [0.3, 0.4) is 0 Å². The van der Waals surface area contributed by atoms with Crippen LogP contribution in [0.25, 0.3) is 0 Å². The molecule has 0 aliphatic rings. The van der Waals surface area contributed by atoms with Crippen LogP contribution >= 0.6 is 0 Å². The molecule has 0 saturated heterocycles. The predicted molar refractivity (Wildman–Crippen MR) is 87.4 cm³/mol. The minimum atomic E-state index is 0.460. The number of hydrogen-bond donors (Lipinski definition) is 2. The van der Waals surface area contributed by atoms with Gasteiger partial charge in [-0.2, -0.15) is 0 Å². The largest absolute Gasteiger partial charge is 0.370 e. The molecule has 1 aromatic heterocycles. The molecule has 4 heteroatoms. The van der Waals surface area contributed by atoms with Crippen LogP contribution in [0.4, 0.5) is 11.6 Å². The second-order valence-corrected chi connectivity index (χ2v) is 5.33. The minimum absolute atomic E-state index is 0.460. The summed E-state index contributed by atoms with van der Waals surface area (Å²) in [6.45, 7) is 9.61. The first-order valence-corrected chi connectivity index (χ1v) is 8.07. The molecule has 0 amide bonds. The highest BCUT2D eigenvalue weighted by molar-refractivity contribution is 5.57. The summed E-state index contributed by atoms with van der Waals surface area (Å²) in [5.41, 5.74) is 1.19. The number of hydrogen-bond acceptors (Lipinski definition) is 4. The molecule has 114 valence electrons. The van der Waals surface area contributed by atoms with Gasteiger partial charge in [-0.3, -0.25) is 0 Å². The van der Waals surface area contributed by atoms with Crippen molar-refractivity contribution >= 4 is 11.6 Å². The van der Waals surface area contributed by atoms with E-state index in [0.717, 1.165) is 24.6 Å². The van der Waals surface area contributed by atoms with E-state index >= 15 is 0 Å². The molecule has 0 fully saturated rings. The van der Waals surface area contributed by atoms with Gasteiger partial charge in [0.2, 0.25) is 0 Å². The first kappa shape index (κ1) is 16.7. The zero-order chi connectivity index (χ0) is 14.8. The molecule has 2 N–H and O–H groups in total. The maximum absolute atomic E-state index is 4.41. The summed E-state index contributed by atoms with van der Waals surface area (Å²) in [6, 6.07) is 0.460. The van der Waals surface area contributed by atoms with E-state index in [1.54, 1.807) is 6.33 Å². The second kappa shape index (κ2) is 9.56. The fourth-order valence-corrected chi connectivity index (χ4v) is 2.37. The lowest BCUT2D eigenvalue weighted by Gasteiger charge is -2.18. The summed E-state index contributed by atoms with van der Waals surface area (Å²) in [6.07, 6.45) is 9.02. The smallest absolute Gasteiger partial charge is 0.134 e. The average Bonchev–Trinajstić information content (AvgIpc) is 2.44. The molecule has 1 heterocycles. The van der Waals surface area contributed by atoms with Crippen LogP contribution in [0.1, 0.15) is 65.4 Å². The lowest BCUT2D eigenvalue weighted by atomic mass is 10.1. The molecular weight excluding hydrogens is 248 g/mol. The molecule has 1 atom stereocenters. The normalized spacial score (nSPS) is 12.2. The summed E-state index contributed by atoms with van der Waals surface area (Å²) in [7, 11) is 0. The van der Waals surface area contributed by atoms with Crippen LogP contribution in [0.15, 0.2) is 6.33 Å².